The Balaban J connectivity index is 1.95. The summed E-state index contributed by atoms with van der Waals surface area (Å²) in [5.74, 6) is 1.14. The predicted octanol–water partition coefficient (Wildman–Crippen LogP) is 4.56. The second-order valence-corrected chi connectivity index (χ2v) is 10.4. The average Bonchev–Trinajstić information content (AvgIpc) is 2.77. The number of sulfonamides is 1. The number of benzene rings is 2. The Bertz CT molecular complexity index is 1320. The Morgan fingerprint density at radius 1 is 1.14 bits per heavy atom. The summed E-state index contributed by atoms with van der Waals surface area (Å²) >= 11 is 0. The molecule has 8 nitrogen and oxygen atoms in total. The maximum atomic E-state index is 14.9. The highest BCUT2D eigenvalue weighted by atomic mass is 32.2. The van der Waals surface area contributed by atoms with Gasteiger partial charge in [-0.15, -0.1) is 0 Å². The standard InChI is InChI=1S/C24H30F2N4O4S/c1-14(25)17-8-7-9-18(23(17)26)15(2)27-24-19-12-22(34-11-10-30(4)35(6,31)32)21(33-5)13-20(19)28-16(3)29-24/h7-9,12-15H,10-11H2,1-6H3,(H,27,28,29)/t14?,15-/m1/s1. The van der Waals surface area contributed by atoms with Crippen molar-refractivity contribution in [2.75, 3.05) is 38.9 Å². The second-order valence-electron chi connectivity index (χ2n) is 8.31. The highest BCUT2D eigenvalue weighted by molar-refractivity contribution is 7.88. The minimum atomic E-state index is -3.33. The molecule has 11 heteroatoms. The van der Waals surface area contributed by atoms with Crippen LogP contribution in [0.1, 0.15) is 43.0 Å². The topological polar surface area (TPSA) is 93.7 Å². The zero-order valence-corrected chi connectivity index (χ0v) is 21.4. The Hall–Kier alpha value is -3.05. The van der Waals surface area contributed by atoms with Crippen molar-refractivity contribution in [1.82, 2.24) is 14.3 Å². The first kappa shape index (κ1) is 26.6. The van der Waals surface area contributed by atoms with Crippen LogP contribution in [0, 0.1) is 12.7 Å². The molecule has 0 fully saturated rings. The summed E-state index contributed by atoms with van der Waals surface area (Å²) in [6.07, 6.45) is -0.312. The van der Waals surface area contributed by atoms with Crippen LogP contribution in [0.3, 0.4) is 0 Å². The number of methoxy groups -OCH3 is 1. The Labute approximate surface area is 204 Å². The van der Waals surface area contributed by atoms with Crippen molar-refractivity contribution >= 4 is 26.7 Å². The molecule has 0 radical (unpaired) electrons. The fraction of sp³-hybridized carbons (Fsp3) is 0.417. The van der Waals surface area contributed by atoms with E-state index in [1.54, 1.807) is 38.1 Å². The maximum Gasteiger partial charge on any atom is 0.211 e. The van der Waals surface area contributed by atoms with Crippen LogP contribution >= 0.6 is 0 Å². The highest BCUT2D eigenvalue weighted by Gasteiger charge is 2.20. The van der Waals surface area contributed by atoms with Gasteiger partial charge in [-0.05, 0) is 26.8 Å². The molecule has 1 aromatic heterocycles. The molecule has 0 saturated carbocycles. The number of nitrogens with zero attached hydrogens (tertiary/aromatic N) is 3. The summed E-state index contributed by atoms with van der Waals surface area (Å²) in [7, 11) is -0.373. The number of aryl methyl sites for hydroxylation is 1. The third-order valence-corrected chi connectivity index (χ3v) is 6.94. The number of alkyl halides is 1. The van der Waals surface area contributed by atoms with E-state index >= 15 is 0 Å². The number of ether oxygens (including phenoxy) is 2. The molecule has 35 heavy (non-hydrogen) atoms. The number of likely N-dealkylation sites (N-methyl/N-ethyl adjacent to an activating group) is 1. The maximum absolute atomic E-state index is 14.9. The SMILES string of the molecule is COc1cc2nc(C)nc(N[C@H](C)c3cccc(C(C)F)c3F)c2cc1OCCN(C)S(C)(=O)=O. The summed E-state index contributed by atoms with van der Waals surface area (Å²) in [5.41, 5.74) is 0.890. The van der Waals surface area contributed by atoms with Crippen LogP contribution in [-0.2, 0) is 10.0 Å². The molecule has 3 rings (SSSR count). The van der Waals surface area contributed by atoms with Crippen LogP contribution in [0.15, 0.2) is 30.3 Å². The van der Waals surface area contributed by atoms with Gasteiger partial charge in [0.2, 0.25) is 10.0 Å². The van der Waals surface area contributed by atoms with Crippen molar-refractivity contribution in [3.05, 3.63) is 53.1 Å². The van der Waals surface area contributed by atoms with Gasteiger partial charge in [0.15, 0.2) is 11.5 Å². The molecular weight excluding hydrogens is 478 g/mol. The molecule has 0 aliphatic rings. The molecule has 190 valence electrons. The number of fused-ring (bicyclic) bond motifs is 1. The normalized spacial score (nSPS) is 13.6. The number of aromatic nitrogens is 2. The van der Waals surface area contributed by atoms with Crippen molar-refractivity contribution in [2.24, 2.45) is 0 Å². The molecule has 1 heterocycles. The highest BCUT2D eigenvalue weighted by Crippen LogP contribution is 2.36. The lowest BCUT2D eigenvalue weighted by Gasteiger charge is -2.20. The van der Waals surface area contributed by atoms with E-state index < -0.39 is 28.1 Å². The van der Waals surface area contributed by atoms with E-state index in [0.717, 1.165) is 6.26 Å². The minimum absolute atomic E-state index is 0.000592. The largest absolute Gasteiger partial charge is 0.493 e. The van der Waals surface area contributed by atoms with Gasteiger partial charge in [0.1, 0.15) is 30.2 Å². The van der Waals surface area contributed by atoms with Crippen molar-refractivity contribution in [1.29, 1.82) is 0 Å². The second kappa shape index (κ2) is 10.7. The van der Waals surface area contributed by atoms with Gasteiger partial charge in [0.25, 0.3) is 0 Å². The first-order valence-electron chi connectivity index (χ1n) is 11.0. The fourth-order valence-corrected chi connectivity index (χ4v) is 3.98. The molecular formula is C24H30F2N4O4S. The lowest BCUT2D eigenvalue weighted by Crippen LogP contribution is -2.29. The molecule has 0 aliphatic heterocycles. The lowest BCUT2D eigenvalue weighted by atomic mass is 10.0. The summed E-state index contributed by atoms with van der Waals surface area (Å²) in [6, 6.07) is 7.51. The van der Waals surface area contributed by atoms with E-state index in [0.29, 0.717) is 39.6 Å². The van der Waals surface area contributed by atoms with E-state index in [4.69, 9.17) is 9.47 Å². The quantitative estimate of drug-likeness (QED) is 0.429. The van der Waals surface area contributed by atoms with E-state index in [9.17, 15) is 17.2 Å². The van der Waals surface area contributed by atoms with Gasteiger partial charge in [0.05, 0.1) is 24.9 Å². The zero-order valence-electron chi connectivity index (χ0n) is 20.6. The van der Waals surface area contributed by atoms with Crippen molar-refractivity contribution in [3.63, 3.8) is 0 Å². The zero-order chi connectivity index (χ0) is 25.9. The number of hydrogen-bond donors (Lipinski definition) is 1. The average molecular weight is 509 g/mol. The van der Waals surface area contributed by atoms with E-state index in [1.165, 1.54) is 31.5 Å². The fourth-order valence-electron chi connectivity index (χ4n) is 3.58. The summed E-state index contributed by atoms with van der Waals surface area (Å²) < 4.78 is 64.4. The molecule has 1 unspecified atom stereocenters. The van der Waals surface area contributed by atoms with Crippen molar-refractivity contribution < 1.29 is 26.7 Å². The Kier molecular flexibility index (Phi) is 8.11. The van der Waals surface area contributed by atoms with Crippen LogP contribution < -0.4 is 14.8 Å². The number of rotatable bonds is 10. The van der Waals surface area contributed by atoms with Crippen molar-refractivity contribution in [2.45, 2.75) is 33.0 Å². The third kappa shape index (κ3) is 6.15. The molecule has 2 aromatic carbocycles. The molecule has 0 spiro atoms. The van der Waals surface area contributed by atoms with Crippen LogP contribution in [0.2, 0.25) is 0 Å². The van der Waals surface area contributed by atoms with Gasteiger partial charge in [-0.2, -0.15) is 0 Å². The van der Waals surface area contributed by atoms with Gasteiger partial charge in [-0.3, -0.25) is 0 Å². The molecule has 2 atom stereocenters. The minimum Gasteiger partial charge on any atom is -0.493 e. The number of hydrogen-bond acceptors (Lipinski definition) is 7. The first-order chi connectivity index (χ1) is 16.4. The number of halogens is 2. The molecule has 0 bridgehead atoms. The van der Waals surface area contributed by atoms with Gasteiger partial charge in [0, 0.05) is 36.2 Å². The number of nitrogens with one attached hydrogen (secondary N) is 1. The molecule has 0 amide bonds. The summed E-state index contributed by atoms with van der Waals surface area (Å²) in [4.78, 5) is 8.95. The third-order valence-electron chi connectivity index (χ3n) is 5.63. The lowest BCUT2D eigenvalue weighted by molar-refractivity contribution is 0.272. The Morgan fingerprint density at radius 2 is 1.83 bits per heavy atom. The van der Waals surface area contributed by atoms with E-state index in [-0.39, 0.29) is 18.7 Å². The summed E-state index contributed by atoms with van der Waals surface area (Å²) in [5, 5.41) is 3.81. The van der Waals surface area contributed by atoms with Crippen LogP contribution in [0.4, 0.5) is 14.6 Å². The molecule has 3 aromatic rings. The van der Waals surface area contributed by atoms with Gasteiger partial charge < -0.3 is 14.8 Å². The molecule has 1 N–H and O–H groups in total. The van der Waals surface area contributed by atoms with Gasteiger partial charge >= 0.3 is 0 Å². The molecule has 0 aliphatic carbocycles. The Morgan fingerprint density at radius 3 is 2.46 bits per heavy atom. The first-order valence-corrected chi connectivity index (χ1v) is 12.9. The van der Waals surface area contributed by atoms with Crippen molar-refractivity contribution in [3.8, 4) is 11.5 Å². The smallest absolute Gasteiger partial charge is 0.211 e. The van der Waals surface area contributed by atoms with E-state index in [2.05, 4.69) is 15.3 Å². The van der Waals surface area contributed by atoms with E-state index in [1.807, 2.05) is 0 Å². The van der Waals surface area contributed by atoms with Gasteiger partial charge in [-0.25, -0.2) is 31.5 Å². The summed E-state index contributed by atoms with van der Waals surface area (Å²) in [6.45, 7) is 5.03. The molecule has 0 saturated heterocycles. The van der Waals surface area contributed by atoms with Crippen LogP contribution in [0.25, 0.3) is 10.9 Å². The monoisotopic (exact) mass is 508 g/mol. The van der Waals surface area contributed by atoms with Crippen LogP contribution in [0.5, 0.6) is 11.5 Å². The predicted molar refractivity (Wildman–Crippen MR) is 132 cm³/mol. The number of anilines is 1. The van der Waals surface area contributed by atoms with Crippen LogP contribution in [-0.4, -0.2) is 56.3 Å². The van der Waals surface area contributed by atoms with Gasteiger partial charge in [-0.1, -0.05) is 18.2 Å².